The van der Waals surface area contributed by atoms with Crippen molar-refractivity contribution in [2.24, 2.45) is 0 Å². The lowest BCUT2D eigenvalue weighted by Gasteiger charge is -2.39. The molecule has 0 amide bonds. The van der Waals surface area contributed by atoms with Crippen LogP contribution in [0.3, 0.4) is 0 Å². The molecule has 0 saturated heterocycles. The molecule has 0 bridgehead atoms. The largest absolute Gasteiger partial charge is 0.376 e. The molecule has 1 aromatic carbocycles. The lowest BCUT2D eigenvalue weighted by Crippen LogP contribution is -2.44. The second-order valence-corrected chi connectivity index (χ2v) is 4.96. The molecule has 1 rings (SSSR count). The summed E-state index contributed by atoms with van der Waals surface area (Å²) >= 11 is 6.10. The maximum Gasteiger partial charge on any atom is 0.0867 e. The Bertz CT molecular complexity index is 355. The molecule has 0 aliphatic rings. The predicted octanol–water partition coefficient (Wildman–Crippen LogP) is 4.20. The van der Waals surface area contributed by atoms with E-state index in [1.54, 1.807) is 7.11 Å². The third-order valence-electron chi connectivity index (χ3n) is 3.72. The van der Waals surface area contributed by atoms with Gasteiger partial charge in [0.2, 0.25) is 0 Å². The lowest BCUT2D eigenvalue weighted by molar-refractivity contribution is -0.0482. The first-order valence-corrected chi connectivity index (χ1v) is 7.05. The van der Waals surface area contributed by atoms with Gasteiger partial charge in [0.25, 0.3) is 0 Å². The van der Waals surface area contributed by atoms with Crippen LogP contribution in [-0.2, 0) is 4.74 Å². The van der Waals surface area contributed by atoms with Gasteiger partial charge in [-0.1, -0.05) is 44.5 Å². The molecular weight excluding hydrogens is 246 g/mol. The molecular formula is C15H24ClNO. The zero-order valence-electron chi connectivity index (χ0n) is 11.8. The van der Waals surface area contributed by atoms with Crippen molar-refractivity contribution in [3.8, 4) is 0 Å². The first kappa shape index (κ1) is 15.5. The van der Waals surface area contributed by atoms with Gasteiger partial charge in [-0.05, 0) is 37.1 Å². The number of benzene rings is 1. The average Bonchev–Trinajstić information content (AvgIpc) is 2.40. The molecule has 0 radical (unpaired) electrons. The van der Waals surface area contributed by atoms with E-state index in [1.165, 1.54) is 5.56 Å². The molecule has 2 nitrogen and oxygen atoms in total. The molecule has 0 saturated carbocycles. The number of hydrogen-bond donors (Lipinski definition) is 1. The molecule has 3 heteroatoms. The van der Waals surface area contributed by atoms with Gasteiger partial charge in [0, 0.05) is 12.1 Å². The number of ether oxygens (including phenoxy) is 1. The van der Waals surface area contributed by atoms with Gasteiger partial charge in [-0.15, -0.1) is 0 Å². The maximum atomic E-state index is 6.10. The lowest BCUT2D eigenvalue weighted by atomic mass is 9.83. The van der Waals surface area contributed by atoms with Crippen molar-refractivity contribution < 1.29 is 4.74 Å². The van der Waals surface area contributed by atoms with Gasteiger partial charge >= 0.3 is 0 Å². The first-order valence-electron chi connectivity index (χ1n) is 6.67. The van der Waals surface area contributed by atoms with Gasteiger partial charge in [0.15, 0.2) is 0 Å². The number of halogens is 1. The second-order valence-electron chi connectivity index (χ2n) is 4.52. The van der Waals surface area contributed by atoms with Crippen LogP contribution in [0, 0.1) is 0 Å². The molecule has 0 aromatic heterocycles. The topological polar surface area (TPSA) is 21.3 Å². The number of likely N-dealkylation sites (N-methyl/N-ethyl adjacent to an activating group) is 1. The Morgan fingerprint density at radius 2 is 1.94 bits per heavy atom. The van der Waals surface area contributed by atoms with Crippen LogP contribution in [0.25, 0.3) is 0 Å². The van der Waals surface area contributed by atoms with Crippen LogP contribution in [-0.4, -0.2) is 19.3 Å². The molecule has 102 valence electrons. The predicted molar refractivity (Wildman–Crippen MR) is 78.2 cm³/mol. The van der Waals surface area contributed by atoms with E-state index >= 15 is 0 Å². The fourth-order valence-electron chi connectivity index (χ4n) is 2.56. The van der Waals surface area contributed by atoms with Crippen LogP contribution in [0.4, 0.5) is 0 Å². The zero-order valence-corrected chi connectivity index (χ0v) is 12.6. The number of nitrogens with one attached hydrogen (secondary N) is 1. The molecule has 1 unspecified atom stereocenters. The van der Waals surface area contributed by atoms with E-state index in [1.807, 2.05) is 18.2 Å². The summed E-state index contributed by atoms with van der Waals surface area (Å²) in [5.41, 5.74) is 1.01. The van der Waals surface area contributed by atoms with Gasteiger partial charge in [-0.25, -0.2) is 0 Å². The van der Waals surface area contributed by atoms with E-state index in [0.29, 0.717) is 0 Å². The minimum atomic E-state index is -0.180. The van der Waals surface area contributed by atoms with E-state index in [9.17, 15) is 0 Å². The Kier molecular flexibility index (Phi) is 6.13. The van der Waals surface area contributed by atoms with Gasteiger partial charge in [-0.2, -0.15) is 0 Å². The van der Waals surface area contributed by atoms with Crippen LogP contribution < -0.4 is 5.32 Å². The summed E-state index contributed by atoms with van der Waals surface area (Å²) in [5.74, 6) is 0. The fraction of sp³-hybridized carbons (Fsp3) is 0.600. The van der Waals surface area contributed by atoms with Crippen molar-refractivity contribution in [2.75, 3.05) is 13.7 Å². The molecule has 0 aliphatic carbocycles. The summed E-state index contributed by atoms with van der Waals surface area (Å²) in [6.07, 6.45) is 1.92. The van der Waals surface area contributed by atoms with Crippen LogP contribution in [0.15, 0.2) is 24.3 Å². The highest BCUT2D eigenvalue weighted by atomic mass is 35.5. The first-order chi connectivity index (χ1) is 8.63. The van der Waals surface area contributed by atoms with E-state index in [4.69, 9.17) is 16.3 Å². The molecule has 1 atom stereocenters. The highest BCUT2D eigenvalue weighted by Crippen LogP contribution is 2.35. The third-order valence-corrected chi connectivity index (χ3v) is 3.95. The maximum absolute atomic E-state index is 6.10. The summed E-state index contributed by atoms with van der Waals surface area (Å²) in [7, 11) is 1.79. The summed E-state index contributed by atoms with van der Waals surface area (Å²) in [5, 5.41) is 4.31. The molecule has 18 heavy (non-hydrogen) atoms. The Balaban J connectivity index is 3.15. The summed E-state index contributed by atoms with van der Waals surface area (Å²) in [6.45, 7) is 7.36. The zero-order chi connectivity index (χ0) is 13.6. The van der Waals surface area contributed by atoms with Crippen molar-refractivity contribution in [3.63, 3.8) is 0 Å². The molecule has 0 heterocycles. The third kappa shape index (κ3) is 3.25. The van der Waals surface area contributed by atoms with Crippen molar-refractivity contribution in [2.45, 2.75) is 45.3 Å². The molecule has 0 fully saturated rings. The van der Waals surface area contributed by atoms with Gasteiger partial charge in [-0.3, -0.25) is 0 Å². The van der Waals surface area contributed by atoms with Crippen molar-refractivity contribution >= 4 is 11.6 Å². The Labute approximate surface area is 116 Å². The smallest absolute Gasteiger partial charge is 0.0867 e. The standard InChI is InChI=1S/C15H24ClNO/c1-5-15(6-2,18-4)14(17-7-3)12-9-8-10-13(16)11-12/h8-11,14,17H,5-7H2,1-4H3. The fourth-order valence-corrected chi connectivity index (χ4v) is 2.76. The average molecular weight is 270 g/mol. The van der Waals surface area contributed by atoms with Gasteiger partial charge in [0.1, 0.15) is 0 Å². The van der Waals surface area contributed by atoms with Crippen molar-refractivity contribution in [3.05, 3.63) is 34.9 Å². The number of hydrogen-bond acceptors (Lipinski definition) is 2. The van der Waals surface area contributed by atoms with Gasteiger partial charge < -0.3 is 10.1 Å². The Hall–Kier alpha value is -0.570. The highest BCUT2D eigenvalue weighted by molar-refractivity contribution is 6.30. The van der Waals surface area contributed by atoms with Crippen LogP contribution in [0.1, 0.15) is 45.2 Å². The molecule has 1 aromatic rings. The summed E-state index contributed by atoms with van der Waals surface area (Å²) in [4.78, 5) is 0. The molecule has 1 N–H and O–H groups in total. The van der Waals surface area contributed by atoms with E-state index < -0.39 is 0 Å². The van der Waals surface area contributed by atoms with E-state index in [-0.39, 0.29) is 11.6 Å². The summed E-state index contributed by atoms with van der Waals surface area (Å²) < 4.78 is 5.84. The summed E-state index contributed by atoms with van der Waals surface area (Å²) in [6, 6.07) is 8.20. The molecule has 0 aliphatic heterocycles. The minimum Gasteiger partial charge on any atom is -0.376 e. The number of methoxy groups -OCH3 is 1. The Morgan fingerprint density at radius 1 is 1.28 bits per heavy atom. The van der Waals surface area contributed by atoms with E-state index in [2.05, 4.69) is 32.2 Å². The van der Waals surface area contributed by atoms with Crippen LogP contribution in [0.5, 0.6) is 0 Å². The van der Waals surface area contributed by atoms with Crippen LogP contribution >= 0.6 is 11.6 Å². The SMILES string of the molecule is CCNC(c1cccc(Cl)c1)C(CC)(CC)OC. The normalized spacial score (nSPS) is 13.6. The number of rotatable bonds is 7. The Morgan fingerprint density at radius 3 is 2.39 bits per heavy atom. The van der Waals surface area contributed by atoms with Gasteiger partial charge in [0.05, 0.1) is 11.6 Å². The molecule has 0 spiro atoms. The van der Waals surface area contributed by atoms with Crippen molar-refractivity contribution in [1.82, 2.24) is 5.32 Å². The van der Waals surface area contributed by atoms with E-state index in [0.717, 1.165) is 24.4 Å². The monoisotopic (exact) mass is 269 g/mol. The minimum absolute atomic E-state index is 0.168. The van der Waals surface area contributed by atoms with Crippen molar-refractivity contribution in [1.29, 1.82) is 0 Å². The quantitative estimate of drug-likeness (QED) is 0.801. The highest BCUT2D eigenvalue weighted by Gasteiger charge is 2.36. The second kappa shape index (κ2) is 7.13. The van der Waals surface area contributed by atoms with Crippen LogP contribution in [0.2, 0.25) is 5.02 Å².